The van der Waals surface area contributed by atoms with Crippen molar-refractivity contribution in [3.8, 4) is 17.2 Å². The molecule has 2 rings (SSSR count). The molecule has 0 radical (unpaired) electrons. The van der Waals surface area contributed by atoms with Crippen LogP contribution in [0.5, 0.6) is 17.2 Å². The van der Waals surface area contributed by atoms with E-state index in [0.717, 1.165) is 11.1 Å². The molecular formula is C18H19NO5. The quantitative estimate of drug-likeness (QED) is 0.599. The van der Waals surface area contributed by atoms with Gasteiger partial charge in [0.15, 0.2) is 6.61 Å². The number of rotatable bonds is 7. The number of benzene rings is 2. The van der Waals surface area contributed by atoms with Crippen molar-refractivity contribution in [2.45, 2.75) is 0 Å². The van der Waals surface area contributed by atoms with Crippen molar-refractivity contribution >= 4 is 23.8 Å². The number of nitrogen functional groups attached to an aromatic ring is 1. The number of nitrogens with two attached hydrogens (primary N) is 1. The molecule has 0 aliphatic heterocycles. The normalized spacial score (nSPS) is 10.6. The van der Waals surface area contributed by atoms with Gasteiger partial charge in [0, 0.05) is 6.07 Å². The topological polar surface area (TPSA) is 91.0 Å². The Kier molecular flexibility index (Phi) is 5.68. The van der Waals surface area contributed by atoms with E-state index in [2.05, 4.69) is 0 Å². The van der Waals surface area contributed by atoms with Gasteiger partial charge in [-0.25, -0.2) is 4.79 Å². The smallest absolute Gasteiger partial charge is 0.341 e. The Balaban J connectivity index is 2.22. The Morgan fingerprint density at radius 2 is 1.75 bits per heavy atom. The highest BCUT2D eigenvalue weighted by Gasteiger charge is 2.04. The van der Waals surface area contributed by atoms with E-state index >= 15 is 0 Å². The molecule has 126 valence electrons. The first-order chi connectivity index (χ1) is 11.5. The molecule has 0 aliphatic rings. The lowest BCUT2D eigenvalue weighted by Gasteiger charge is -2.08. The second-order valence-electron chi connectivity index (χ2n) is 4.96. The van der Waals surface area contributed by atoms with Crippen LogP contribution in [0.3, 0.4) is 0 Å². The number of aliphatic carboxylic acids is 1. The van der Waals surface area contributed by atoms with E-state index in [1.165, 1.54) is 7.11 Å². The molecule has 3 N–H and O–H groups in total. The van der Waals surface area contributed by atoms with Crippen LogP contribution in [0.1, 0.15) is 11.1 Å². The van der Waals surface area contributed by atoms with E-state index < -0.39 is 12.6 Å². The molecule has 2 aromatic rings. The maximum Gasteiger partial charge on any atom is 0.341 e. The summed E-state index contributed by atoms with van der Waals surface area (Å²) in [6, 6.07) is 10.7. The number of anilines is 1. The maximum atomic E-state index is 10.6. The Morgan fingerprint density at radius 3 is 2.38 bits per heavy atom. The molecule has 0 bridgehead atoms. The number of carboxylic acid groups (broad SMARTS) is 1. The summed E-state index contributed by atoms with van der Waals surface area (Å²) >= 11 is 0. The third kappa shape index (κ3) is 4.67. The number of ether oxygens (including phenoxy) is 3. The van der Waals surface area contributed by atoms with Crippen molar-refractivity contribution < 1.29 is 24.1 Å². The van der Waals surface area contributed by atoms with Crippen LogP contribution < -0.4 is 19.9 Å². The lowest BCUT2D eigenvalue weighted by molar-refractivity contribution is -0.139. The van der Waals surface area contributed by atoms with Gasteiger partial charge in [-0.2, -0.15) is 0 Å². The first-order valence-electron chi connectivity index (χ1n) is 7.17. The highest BCUT2D eigenvalue weighted by atomic mass is 16.5. The maximum absolute atomic E-state index is 10.6. The summed E-state index contributed by atoms with van der Waals surface area (Å²) in [6.07, 6.45) is 3.74. The Labute approximate surface area is 140 Å². The van der Waals surface area contributed by atoms with Crippen LogP contribution in [0.4, 0.5) is 5.69 Å². The zero-order valence-corrected chi connectivity index (χ0v) is 13.5. The van der Waals surface area contributed by atoms with Crippen LogP contribution in [-0.2, 0) is 4.79 Å². The molecule has 6 heteroatoms. The molecule has 0 saturated carbocycles. The molecule has 24 heavy (non-hydrogen) atoms. The predicted octanol–water partition coefficient (Wildman–Crippen LogP) is 2.92. The van der Waals surface area contributed by atoms with Gasteiger partial charge in [-0.05, 0) is 35.4 Å². The van der Waals surface area contributed by atoms with Gasteiger partial charge in [-0.3, -0.25) is 0 Å². The lowest BCUT2D eigenvalue weighted by atomic mass is 10.1. The molecule has 0 atom stereocenters. The number of methoxy groups -OCH3 is 2. The standard InChI is InChI=1S/C18H19NO5/c1-22-14-7-13(8-15(10-14)24-11-18(20)21)4-3-12-5-6-17(23-2)16(19)9-12/h3-10H,11,19H2,1-2H3,(H,20,21)/b4-3-. The van der Waals surface area contributed by atoms with E-state index in [9.17, 15) is 4.79 Å². The number of carboxylic acids is 1. The van der Waals surface area contributed by atoms with Gasteiger partial charge < -0.3 is 25.1 Å². The Morgan fingerprint density at radius 1 is 1.04 bits per heavy atom. The van der Waals surface area contributed by atoms with Gasteiger partial charge in [0.2, 0.25) is 0 Å². The highest BCUT2D eigenvalue weighted by Crippen LogP contribution is 2.26. The van der Waals surface area contributed by atoms with Crippen molar-refractivity contribution in [1.29, 1.82) is 0 Å². The Hall–Kier alpha value is -3.15. The van der Waals surface area contributed by atoms with E-state index in [1.54, 1.807) is 31.4 Å². The second kappa shape index (κ2) is 7.92. The summed E-state index contributed by atoms with van der Waals surface area (Å²) in [7, 11) is 3.10. The third-order valence-electron chi connectivity index (χ3n) is 3.22. The molecule has 0 spiro atoms. The molecule has 0 saturated heterocycles. The summed E-state index contributed by atoms with van der Waals surface area (Å²) in [4.78, 5) is 10.6. The molecule has 0 unspecified atom stereocenters. The molecule has 0 fully saturated rings. The minimum atomic E-state index is -1.04. The van der Waals surface area contributed by atoms with Crippen molar-refractivity contribution in [2.75, 3.05) is 26.6 Å². The second-order valence-corrected chi connectivity index (χ2v) is 4.96. The van der Waals surface area contributed by atoms with E-state index in [4.69, 9.17) is 25.1 Å². The predicted molar refractivity (Wildman–Crippen MR) is 92.5 cm³/mol. The Bertz CT molecular complexity index is 755. The first kappa shape index (κ1) is 17.2. The van der Waals surface area contributed by atoms with Crippen LogP contribution in [0.2, 0.25) is 0 Å². The average Bonchev–Trinajstić information content (AvgIpc) is 2.58. The van der Waals surface area contributed by atoms with Crippen molar-refractivity contribution in [1.82, 2.24) is 0 Å². The fraction of sp³-hybridized carbons (Fsp3) is 0.167. The average molecular weight is 329 g/mol. The summed E-state index contributed by atoms with van der Waals surface area (Å²) < 4.78 is 15.5. The van der Waals surface area contributed by atoms with Gasteiger partial charge in [-0.1, -0.05) is 18.2 Å². The summed E-state index contributed by atoms with van der Waals surface area (Å²) in [5.74, 6) is 0.582. The van der Waals surface area contributed by atoms with Gasteiger partial charge in [0.1, 0.15) is 17.2 Å². The van der Waals surface area contributed by atoms with Gasteiger partial charge in [0.25, 0.3) is 0 Å². The van der Waals surface area contributed by atoms with Crippen molar-refractivity contribution in [2.24, 2.45) is 0 Å². The number of hydrogen-bond acceptors (Lipinski definition) is 5. The van der Waals surface area contributed by atoms with Crippen LogP contribution in [-0.4, -0.2) is 31.9 Å². The molecule has 6 nitrogen and oxygen atoms in total. The third-order valence-corrected chi connectivity index (χ3v) is 3.22. The summed E-state index contributed by atoms with van der Waals surface area (Å²) in [5.41, 5.74) is 8.15. The zero-order valence-electron chi connectivity index (χ0n) is 13.5. The van der Waals surface area contributed by atoms with Crippen LogP contribution in [0.25, 0.3) is 12.2 Å². The molecule has 0 aromatic heterocycles. The molecule has 0 heterocycles. The van der Waals surface area contributed by atoms with E-state index in [0.29, 0.717) is 22.9 Å². The lowest BCUT2D eigenvalue weighted by Crippen LogP contribution is -2.09. The van der Waals surface area contributed by atoms with Crippen molar-refractivity contribution in [3.63, 3.8) is 0 Å². The first-order valence-corrected chi connectivity index (χ1v) is 7.17. The zero-order chi connectivity index (χ0) is 17.5. The fourth-order valence-corrected chi connectivity index (χ4v) is 2.09. The minimum absolute atomic E-state index is 0.411. The van der Waals surface area contributed by atoms with E-state index in [-0.39, 0.29) is 0 Å². The van der Waals surface area contributed by atoms with Gasteiger partial charge in [0.05, 0.1) is 19.9 Å². The molecular weight excluding hydrogens is 310 g/mol. The SMILES string of the molecule is COc1cc(/C=C\c2ccc(OC)c(N)c2)cc(OCC(=O)O)c1. The van der Waals surface area contributed by atoms with Gasteiger partial charge in [-0.15, -0.1) is 0 Å². The number of hydrogen-bond donors (Lipinski definition) is 2. The summed E-state index contributed by atoms with van der Waals surface area (Å²) in [5, 5.41) is 8.70. The van der Waals surface area contributed by atoms with Crippen LogP contribution >= 0.6 is 0 Å². The fourth-order valence-electron chi connectivity index (χ4n) is 2.09. The van der Waals surface area contributed by atoms with E-state index in [1.807, 2.05) is 24.3 Å². The monoisotopic (exact) mass is 329 g/mol. The summed E-state index contributed by atoms with van der Waals surface area (Å²) in [6.45, 7) is -0.411. The minimum Gasteiger partial charge on any atom is -0.497 e. The molecule has 0 aliphatic carbocycles. The highest BCUT2D eigenvalue weighted by molar-refractivity contribution is 5.73. The molecule has 0 amide bonds. The number of carbonyl (C=O) groups is 1. The largest absolute Gasteiger partial charge is 0.497 e. The van der Waals surface area contributed by atoms with Crippen molar-refractivity contribution in [3.05, 3.63) is 47.5 Å². The van der Waals surface area contributed by atoms with Crippen LogP contribution in [0.15, 0.2) is 36.4 Å². The van der Waals surface area contributed by atoms with Crippen LogP contribution in [0, 0.1) is 0 Å². The van der Waals surface area contributed by atoms with Gasteiger partial charge >= 0.3 is 5.97 Å². The molecule has 2 aromatic carbocycles.